The molecule has 1 N–H and O–H groups in total. The van der Waals surface area contributed by atoms with Crippen molar-refractivity contribution < 1.29 is 14.4 Å². The highest BCUT2D eigenvalue weighted by atomic mass is 16.2. The third-order valence-corrected chi connectivity index (χ3v) is 6.70. The van der Waals surface area contributed by atoms with Crippen LogP contribution in [0.2, 0.25) is 0 Å². The summed E-state index contributed by atoms with van der Waals surface area (Å²) in [5, 5.41) is 2.91. The quantitative estimate of drug-likeness (QED) is 0.727. The largest absolute Gasteiger partial charge is 0.358 e. The molecule has 1 unspecified atom stereocenters. The number of carbonyl (C=O) groups is 3. The number of likely N-dealkylation sites (tertiary alicyclic amines) is 1. The molecule has 0 spiro atoms. The lowest BCUT2D eigenvalue weighted by molar-refractivity contribution is -0.125. The number of carbonyl (C=O) groups excluding carboxylic acids is 3. The summed E-state index contributed by atoms with van der Waals surface area (Å²) in [6.45, 7) is 3.63. The van der Waals surface area contributed by atoms with Crippen molar-refractivity contribution in [1.82, 2.24) is 15.1 Å². The molecule has 0 radical (unpaired) electrons. The Balaban J connectivity index is 1.60. The number of hydrogen-bond acceptors (Lipinski definition) is 5. The molecule has 0 aromatic heterocycles. The van der Waals surface area contributed by atoms with Crippen LogP contribution in [0, 0.1) is 0 Å². The van der Waals surface area contributed by atoms with Crippen molar-refractivity contribution in [3.05, 3.63) is 23.8 Å². The number of anilines is 2. The van der Waals surface area contributed by atoms with Crippen molar-refractivity contribution in [3.8, 4) is 0 Å². The Bertz CT molecular complexity index is 865. The van der Waals surface area contributed by atoms with Gasteiger partial charge in [-0.15, -0.1) is 0 Å². The summed E-state index contributed by atoms with van der Waals surface area (Å²) in [5.41, 5.74) is 2.22. The Labute approximate surface area is 190 Å². The molecular weight excluding hydrogens is 406 g/mol. The van der Waals surface area contributed by atoms with Gasteiger partial charge in [0.1, 0.15) is 12.6 Å². The second kappa shape index (κ2) is 9.90. The Morgan fingerprint density at radius 2 is 1.78 bits per heavy atom. The highest BCUT2D eigenvalue weighted by molar-refractivity contribution is 6.09. The fraction of sp³-hybridized carbons (Fsp3) is 0.625. The average molecular weight is 442 g/mol. The molecule has 3 aliphatic rings. The number of hydrogen-bond donors (Lipinski definition) is 1. The highest BCUT2D eigenvalue weighted by Gasteiger charge is 2.40. The minimum atomic E-state index is -0.227. The van der Waals surface area contributed by atoms with Crippen molar-refractivity contribution in [2.45, 2.75) is 44.6 Å². The van der Waals surface area contributed by atoms with E-state index in [-0.39, 0.29) is 30.3 Å². The fourth-order valence-electron chi connectivity index (χ4n) is 4.95. The number of benzene rings is 1. The molecule has 2 fully saturated rings. The molecule has 4 rings (SSSR count). The van der Waals surface area contributed by atoms with Gasteiger partial charge in [-0.3, -0.25) is 19.3 Å². The van der Waals surface area contributed by atoms with Crippen LogP contribution in [0.25, 0.3) is 0 Å². The zero-order chi connectivity index (χ0) is 22.7. The number of nitrogens with zero attached hydrogens (tertiary/aromatic N) is 4. The summed E-state index contributed by atoms with van der Waals surface area (Å²) in [6, 6.07) is 5.44. The molecule has 174 valence electrons. The van der Waals surface area contributed by atoms with E-state index >= 15 is 0 Å². The monoisotopic (exact) mass is 441 g/mol. The lowest BCUT2D eigenvalue weighted by atomic mass is 9.95. The molecule has 0 aliphatic carbocycles. The lowest BCUT2D eigenvalue weighted by Gasteiger charge is -2.45. The van der Waals surface area contributed by atoms with Crippen LogP contribution in [-0.4, -0.2) is 86.9 Å². The summed E-state index contributed by atoms with van der Waals surface area (Å²) < 4.78 is 0. The number of fused-ring (bicyclic) bond motifs is 3. The van der Waals surface area contributed by atoms with E-state index in [1.54, 1.807) is 4.90 Å². The van der Waals surface area contributed by atoms with E-state index in [1.807, 2.05) is 42.1 Å². The maximum absolute atomic E-state index is 13.4. The summed E-state index contributed by atoms with van der Waals surface area (Å²) >= 11 is 0. The third-order valence-electron chi connectivity index (χ3n) is 6.70. The fourth-order valence-corrected chi connectivity index (χ4v) is 4.95. The highest BCUT2D eigenvalue weighted by Crippen LogP contribution is 2.40. The number of piperidine rings is 2. The summed E-state index contributed by atoms with van der Waals surface area (Å²) in [6.07, 6.45) is 6.08. The number of nitrogens with one attached hydrogen (secondary N) is 1. The first-order chi connectivity index (χ1) is 15.5. The normalized spacial score (nSPS) is 20.8. The maximum atomic E-state index is 13.4. The first-order valence-corrected chi connectivity index (χ1v) is 11.9. The second-order valence-electron chi connectivity index (χ2n) is 9.34. The van der Waals surface area contributed by atoms with Gasteiger partial charge in [0.25, 0.3) is 5.91 Å². The van der Waals surface area contributed by atoms with Gasteiger partial charge in [0.15, 0.2) is 0 Å². The van der Waals surface area contributed by atoms with Crippen molar-refractivity contribution >= 4 is 29.1 Å². The van der Waals surface area contributed by atoms with Crippen molar-refractivity contribution in [1.29, 1.82) is 0 Å². The van der Waals surface area contributed by atoms with Gasteiger partial charge in [0, 0.05) is 38.3 Å². The molecule has 0 bridgehead atoms. The van der Waals surface area contributed by atoms with Gasteiger partial charge in [-0.2, -0.15) is 0 Å². The zero-order valence-corrected chi connectivity index (χ0v) is 19.3. The van der Waals surface area contributed by atoms with Crippen LogP contribution in [0.4, 0.5) is 11.4 Å². The van der Waals surface area contributed by atoms with E-state index in [0.29, 0.717) is 17.8 Å². The average Bonchev–Trinajstić information content (AvgIpc) is 2.81. The number of likely N-dealkylation sites (N-methyl/N-ethyl adjacent to an activating group) is 1. The second-order valence-corrected chi connectivity index (χ2v) is 9.34. The minimum absolute atomic E-state index is 0.0103. The van der Waals surface area contributed by atoms with Gasteiger partial charge in [0.2, 0.25) is 11.8 Å². The predicted molar refractivity (Wildman–Crippen MR) is 125 cm³/mol. The van der Waals surface area contributed by atoms with Crippen LogP contribution in [0.1, 0.15) is 48.9 Å². The van der Waals surface area contributed by atoms with Crippen LogP contribution in [-0.2, 0) is 9.59 Å². The molecule has 0 saturated carbocycles. The van der Waals surface area contributed by atoms with Gasteiger partial charge >= 0.3 is 0 Å². The van der Waals surface area contributed by atoms with E-state index in [9.17, 15) is 14.4 Å². The lowest BCUT2D eigenvalue weighted by Crippen LogP contribution is -2.57. The maximum Gasteiger partial charge on any atom is 0.253 e. The summed E-state index contributed by atoms with van der Waals surface area (Å²) in [7, 11) is 3.91. The van der Waals surface area contributed by atoms with Crippen molar-refractivity contribution in [2.75, 3.05) is 63.2 Å². The molecule has 3 amide bonds. The van der Waals surface area contributed by atoms with E-state index in [2.05, 4.69) is 10.2 Å². The van der Waals surface area contributed by atoms with Gasteiger partial charge in [-0.1, -0.05) is 0 Å². The zero-order valence-electron chi connectivity index (χ0n) is 19.3. The first-order valence-electron chi connectivity index (χ1n) is 11.9. The first kappa shape index (κ1) is 22.6. The van der Waals surface area contributed by atoms with Gasteiger partial charge in [-0.25, -0.2) is 0 Å². The van der Waals surface area contributed by atoms with Crippen LogP contribution in [0.5, 0.6) is 0 Å². The summed E-state index contributed by atoms with van der Waals surface area (Å²) in [5.74, 6) is -0.207. The molecule has 2 saturated heterocycles. The van der Waals surface area contributed by atoms with E-state index in [4.69, 9.17) is 0 Å². The van der Waals surface area contributed by atoms with Crippen LogP contribution >= 0.6 is 0 Å². The molecule has 32 heavy (non-hydrogen) atoms. The van der Waals surface area contributed by atoms with Crippen LogP contribution < -0.4 is 15.1 Å². The van der Waals surface area contributed by atoms with E-state index in [1.165, 1.54) is 0 Å². The molecule has 3 heterocycles. The van der Waals surface area contributed by atoms with Gasteiger partial charge in [0.05, 0.1) is 11.4 Å². The molecular formula is C24H35N5O3. The van der Waals surface area contributed by atoms with E-state index < -0.39 is 0 Å². The minimum Gasteiger partial charge on any atom is -0.358 e. The topological polar surface area (TPSA) is 76.2 Å². The SMILES string of the molecule is CN(C)CCNC(=O)CN1C(=O)C2CCCCN2c2ccc(C(=O)N3CCCCC3)cc21. The molecule has 8 heteroatoms. The smallest absolute Gasteiger partial charge is 0.253 e. The Morgan fingerprint density at radius 3 is 2.53 bits per heavy atom. The van der Waals surface area contributed by atoms with Crippen molar-refractivity contribution in [3.63, 3.8) is 0 Å². The molecule has 3 aliphatic heterocycles. The van der Waals surface area contributed by atoms with Gasteiger partial charge < -0.3 is 20.0 Å². The Hall–Kier alpha value is -2.61. The predicted octanol–water partition coefficient (Wildman–Crippen LogP) is 1.70. The van der Waals surface area contributed by atoms with Crippen LogP contribution in [0.3, 0.4) is 0 Å². The summed E-state index contributed by atoms with van der Waals surface area (Å²) in [4.78, 5) is 46.9. The molecule has 1 atom stereocenters. The third kappa shape index (κ3) is 4.75. The molecule has 8 nitrogen and oxygen atoms in total. The number of amides is 3. The van der Waals surface area contributed by atoms with Gasteiger partial charge in [-0.05, 0) is 70.8 Å². The standard InChI is InChI=1S/C24H35N5O3/c1-26(2)15-11-25-22(30)17-29-21-16-18(23(31)27-12-5-3-6-13-27)9-10-19(21)28-14-7-4-8-20(28)24(29)32/h9-10,16,20H,3-8,11-15,17H2,1-2H3,(H,25,30). The van der Waals surface area contributed by atoms with Crippen LogP contribution in [0.15, 0.2) is 18.2 Å². The van der Waals surface area contributed by atoms with E-state index in [0.717, 1.165) is 70.4 Å². The Morgan fingerprint density at radius 1 is 1.03 bits per heavy atom. The molecule has 1 aromatic rings. The van der Waals surface area contributed by atoms with Crippen molar-refractivity contribution in [2.24, 2.45) is 0 Å². The molecule has 1 aromatic carbocycles. The Kier molecular flexibility index (Phi) is 6.98. The number of rotatable bonds is 6.